The van der Waals surface area contributed by atoms with E-state index in [-0.39, 0.29) is 11.0 Å². The lowest BCUT2D eigenvalue weighted by Gasteiger charge is -2.37. The minimum atomic E-state index is -1.80. The molecule has 0 heterocycles. The number of hydrogen-bond acceptors (Lipinski definition) is 3. The van der Waals surface area contributed by atoms with Crippen molar-refractivity contribution in [3.63, 3.8) is 0 Å². The van der Waals surface area contributed by atoms with Gasteiger partial charge < -0.3 is 9.16 Å². The van der Waals surface area contributed by atoms with E-state index in [9.17, 15) is 4.79 Å². The molecular weight excluding hydrogens is 292 g/mol. The van der Waals surface area contributed by atoms with Gasteiger partial charge in [-0.05, 0) is 44.3 Å². The Bertz CT molecular complexity index is 417. The van der Waals surface area contributed by atoms with Crippen LogP contribution in [0.3, 0.4) is 0 Å². The van der Waals surface area contributed by atoms with Crippen molar-refractivity contribution in [3.8, 4) is 0 Å². The third-order valence-corrected chi connectivity index (χ3v) is 8.62. The highest BCUT2D eigenvalue weighted by Crippen LogP contribution is 2.38. The molecule has 0 aromatic rings. The topological polar surface area (TPSA) is 35.5 Å². The number of carbonyl (C=O) groups excluding carboxylic acids is 1. The van der Waals surface area contributed by atoms with Gasteiger partial charge in [0.1, 0.15) is 0 Å². The van der Waals surface area contributed by atoms with Crippen LogP contribution in [-0.4, -0.2) is 20.9 Å². The predicted octanol–water partition coefficient (Wildman–Crippen LogP) is 5.45. The smallest absolute Gasteiger partial charge is 0.333 e. The summed E-state index contributed by atoms with van der Waals surface area (Å²) in [5, 5.41) is 0.180. The summed E-state index contributed by atoms with van der Waals surface area (Å²) in [4.78, 5) is 11.5. The van der Waals surface area contributed by atoms with Gasteiger partial charge in [-0.3, -0.25) is 0 Å². The fourth-order valence-corrected chi connectivity index (χ4v) is 2.85. The molecule has 4 heteroatoms. The van der Waals surface area contributed by atoms with Gasteiger partial charge in [-0.2, -0.15) is 0 Å². The molecule has 0 radical (unpaired) electrons. The molecule has 0 rings (SSSR count). The monoisotopic (exact) mass is 326 g/mol. The molecule has 0 fully saturated rings. The van der Waals surface area contributed by atoms with Gasteiger partial charge in [-0.15, -0.1) is 0 Å². The Morgan fingerprint density at radius 1 is 1.32 bits per heavy atom. The van der Waals surface area contributed by atoms with E-state index < -0.39 is 8.32 Å². The third-order valence-electron chi connectivity index (χ3n) is 4.21. The van der Waals surface area contributed by atoms with Crippen LogP contribution in [-0.2, 0) is 14.0 Å². The molecule has 0 saturated carbocycles. The van der Waals surface area contributed by atoms with Crippen molar-refractivity contribution in [2.45, 2.75) is 72.5 Å². The number of rotatable bonds is 8. The maximum Gasteiger partial charge on any atom is 0.333 e. The van der Waals surface area contributed by atoms with Crippen molar-refractivity contribution >= 4 is 14.3 Å². The molecule has 3 nitrogen and oxygen atoms in total. The second kappa shape index (κ2) is 8.56. The summed E-state index contributed by atoms with van der Waals surface area (Å²) in [5.41, 5.74) is 0.671. The van der Waals surface area contributed by atoms with E-state index in [2.05, 4.69) is 47.4 Å². The van der Waals surface area contributed by atoms with Crippen molar-refractivity contribution in [2.75, 3.05) is 6.61 Å². The van der Waals surface area contributed by atoms with E-state index in [0.29, 0.717) is 18.1 Å². The average Bonchev–Trinajstić information content (AvgIpc) is 2.33. The standard InChI is InChI=1S/C18H34O3Si/c1-10-20-17(19)15(3)12-11-14(2)13-16(4)21-22(8,9)18(5,6)7/h12,14H,4,10-11,13H2,1-3,5-9H3/b15-12+/t14-/m0/s1. The Morgan fingerprint density at radius 3 is 2.32 bits per heavy atom. The highest BCUT2D eigenvalue weighted by Gasteiger charge is 2.39. The van der Waals surface area contributed by atoms with Crippen LogP contribution < -0.4 is 0 Å². The van der Waals surface area contributed by atoms with Gasteiger partial charge in [0.2, 0.25) is 8.32 Å². The molecule has 0 spiro atoms. The second-order valence-electron chi connectivity index (χ2n) is 7.55. The molecular formula is C18H34O3Si. The van der Waals surface area contributed by atoms with Crippen LogP contribution in [0.1, 0.15) is 54.4 Å². The van der Waals surface area contributed by atoms with Gasteiger partial charge in [0.25, 0.3) is 0 Å². The zero-order valence-electron chi connectivity index (χ0n) is 15.7. The summed E-state index contributed by atoms with van der Waals surface area (Å²) in [6.07, 6.45) is 3.59. The first-order valence-electron chi connectivity index (χ1n) is 8.11. The van der Waals surface area contributed by atoms with Crippen molar-refractivity contribution in [2.24, 2.45) is 5.92 Å². The Labute approximate surface area is 137 Å². The SMILES string of the molecule is C=C(C[C@@H](C)C/C=C(\C)C(=O)OCC)O[Si](C)(C)C(C)(C)C. The zero-order chi connectivity index (χ0) is 17.6. The minimum absolute atomic E-state index is 0.180. The largest absolute Gasteiger partial charge is 0.547 e. The van der Waals surface area contributed by atoms with Crippen LogP contribution in [0.25, 0.3) is 0 Å². The number of carbonyl (C=O) groups is 1. The van der Waals surface area contributed by atoms with E-state index in [0.717, 1.165) is 18.6 Å². The highest BCUT2D eigenvalue weighted by molar-refractivity contribution is 6.74. The molecule has 128 valence electrons. The quantitative estimate of drug-likeness (QED) is 0.257. The van der Waals surface area contributed by atoms with Gasteiger partial charge in [-0.25, -0.2) is 4.79 Å². The average molecular weight is 327 g/mol. The Hall–Kier alpha value is -1.03. The van der Waals surface area contributed by atoms with E-state index in [1.165, 1.54) is 0 Å². The van der Waals surface area contributed by atoms with Gasteiger partial charge in [-0.1, -0.05) is 40.3 Å². The first-order valence-corrected chi connectivity index (χ1v) is 11.0. The fourth-order valence-electron chi connectivity index (χ4n) is 1.73. The van der Waals surface area contributed by atoms with Crippen LogP contribution in [0.4, 0.5) is 0 Å². The van der Waals surface area contributed by atoms with Gasteiger partial charge in [0, 0.05) is 12.0 Å². The molecule has 0 aliphatic heterocycles. The first-order chi connectivity index (χ1) is 9.90. The number of hydrogen-bond donors (Lipinski definition) is 0. The molecule has 0 aromatic heterocycles. The van der Waals surface area contributed by atoms with Gasteiger partial charge in [0.05, 0.1) is 12.4 Å². The summed E-state index contributed by atoms with van der Waals surface area (Å²) >= 11 is 0. The normalized spacial score (nSPS) is 14.5. The Morgan fingerprint density at radius 2 is 1.86 bits per heavy atom. The maximum absolute atomic E-state index is 11.5. The summed E-state index contributed by atoms with van der Waals surface area (Å²) < 4.78 is 11.2. The maximum atomic E-state index is 11.5. The minimum Gasteiger partial charge on any atom is -0.547 e. The fraction of sp³-hybridized carbons (Fsp3) is 0.722. The van der Waals surface area contributed by atoms with Crippen molar-refractivity contribution in [1.82, 2.24) is 0 Å². The molecule has 0 saturated heterocycles. The van der Waals surface area contributed by atoms with Crippen LogP contribution in [0.5, 0.6) is 0 Å². The molecule has 0 aliphatic rings. The number of esters is 1. The molecule has 1 atom stereocenters. The van der Waals surface area contributed by atoms with E-state index in [1.807, 2.05) is 13.0 Å². The first kappa shape index (κ1) is 21.0. The van der Waals surface area contributed by atoms with Crippen LogP contribution in [0, 0.1) is 5.92 Å². The highest BCUT2D eigenvalue weighted by atomic mass is 28.4. The predicted molar refractivity (Wildman–Crippen MR) is 96.2 cm³/mol. The molecule has 0 amide bonds. The summed E-state index contributed by atoms with van der Waals surface area (Å²) in [7, 11) is -1.80. The van der Waals surface area contributed by atoms with Crippen LogP contribution in [0.2, 0.25) is 18.1 Å². The third kappa shape index (κ3) is 7.30. The van der Waals surface area contributed by atoms with Gasteiger partial charge in [0.15, 0.2) is 0 Å². The summed E-state index contributed by atoms with van der Waals surface area (Å²) in [6.45, 7) is 21.4. The lowest BCUT2D eigenvalue weighted by molar-refractivity contribution is -0.138. The van der Waals surface area contributed by atoms with Crippen LogP contribution >= 0.6 is 0 Å². The Kier molecular flexibility index (Phi) is 8.16. The van der Waals surface area contributed by atoms with Crippen molar-refractivity contribution in [1.29, 1.82) is 0 Å². The molecule has 0 aromatic carbocycles. The number of allylic oxidation sites excluding steroid dienone is 2. The zero-order valence-corrected chi connectivity index (χ0v) is 16.7. The molecule has 0 aliphatic carbocycles. The van der Waals surface area contributed by atoms with E-state index in [1.54, 1.807) is 6.92 Å². The van der Waals surface area contributed by atoms with Crippen LogP contribution in [0.15, 0.2) is 24.0 Å². The van der Waals surface area contributed by atoms with Gasteiger partial charge >= 0.3 is 5.97 Å². The van der Waals surface area contributed by atoms with Crippen molar-refractivity contribution < 1.29 is 14.0 Å². The van der Waals surface area contributed by atoms with E-state index >= 15 is 0 Å². The molecule has 0 unspecified atom stereocenters. The molecule has 22 heavy (non-hydrogen) atoms. The van der Waals surface area contributed by atoms with Crippen molar-refractivity contribution in [3.05, 3.63) is 24.0 Å². The van der Waals surface area contributed by atoms with E-state index in [4.69, 9.17) is 9.16 Å². The summed E-state index contributed by atoms with van der Waals surface area (Å²) in [6, 6.07) is 0. The number of ether oxygens (including phenoxy) is 1. The Balaban J connectivity index is 4.44. The lowest BCUT2D eigenvalue weighted by Crippen LogP contribution is -2.40. The summed E-state index contributed by atoms with van der Waals surface area (Å²) in [5.74, 6) is 1.02. The molecule has 0 bridgehead atoms. The second-order valence-corrected chi connectivity index (χ2v) is 12.3. The lowest BCUT2D eigenvalue weighted by atomic mass is 10.0. The molecule has 0 N–H and O–H groups in total.